The number of rotatable bonds is 4. The Labute approximate surface area is 101 Å². The molecule has 2 unspecified atom stereocenters. The molecule has 0 saturated carbocycles. The van der Waals surface area contributed by atoms with Crippen molar-refractivity contribution in [1.29, 1.82) is 0 Å². The highest BCUT2D eigenvalue weighted by Crippen LogP contribution is 2.34. The van der Waals surface area contributed by atoms with Gasteiger partial charge in [-0.3, -0.25) is 0 Å². The zero-order valence-corrected chi connectivity index (χ0v) is 10.2. The van der Waals surface area contributed by atoms with Gasteiger partial charge in [0, 0.05) is 12.2 Å². The van der Waals surface area contributed by atoms with Gasteiger partial charge in [0.1, 0.15) is 17.6 Å². The van der Waals surface area contributed by atoms with Crippen molar-refractivity contribution in [2.75, 3.05) is 20.8 Å². The first-order chi connectivity index (χ1) is 8.26. The van der Waals surface area contributed by atoms with Crippen molar-refractivity contribution in [2.24, 2.45) is 0 Å². The fraction of sp³-hybridized carbons (Fsp3) is 0.538. The van der Waals surface area contributed by atoms with Crippen molar-refractivity contribution in [3.05, 3.63) is 23.8 Å². The molecule has 1 N–H and O–H groups in total. The first-order valence-electron chi connectivity index (χ1n) is 5.78. The van der Waals surface area contributed by atoms with Gasteiger partial charge in [-0.15, -0.1) is 0 Å². The number of benzene rings is 1. The van der Waals surface area contributed by atoms with Gasteiger partial charge in [-0.05, 0) is 31.0 Å². The third-order valence-corrected chi connectivity index (χ3v) is 3.07. The summed E-state index contributed by atoms with van der Waals surface area (Å²) in [4.78, 5) is 0. The standard InChI is InChI=1S/C13H18O4/c1-15-9-5-6-11(16-2)10(8-9)13(14)12-4-3-7-17-12/h5-6,8,12-14H,3-4,7H2,1-2H3. The average Bonchev–Trinajstić information content (AvgIpc) is 2.91. The molecule has 2 atom stereocenters. The van der Waals surface area contributed by atoms with E-state index in [9.17, 15) is 5.11 Å². The molecule has 0 spiro atoms. The number of ether oxygens (including phenoxy) is 3. The summed E-state index contributed by atoms with van der Waals surface area (Å²) in [6.07, 6.45) is 1.06. The molecule has 1 aromatic rings. The highest BCUT2D eigenvalue weighted by atomic mass is 16.5. The lowest BCUT2D eigenvalue weighted by Gasteiger charge is -2.20. The predicted molar refractivity (Wildman–Crippen MR) is 63.5 cm³/mol. The van der Waals surface area contributed by atoms with Crippen LogP contribution in [0.3, 0.4) is 0 Å². The van der Waals surface area contributed by atoms with Crippen LogP contribution in [0.15, 0.2) is 18.2 Å². The van der Waals surface area contributed by atoms with Gasteiger partial charge >= 0.3 is 0 Å². The van der Waals surface area contributed by atoms with Crippen molar-refractivity contribution in [3.63, 3.8) is 0 Å². The molecular weight excluding hydrogens is 220 g/mol. The molecule has 0 bridgehead atoms. The number of aliphatic hydroxyl groups is 1. The van der Waals surface area contributed by atoms with Gasteiger partial charge in [0.05, 0.1) is 20.3 Å². The molecule has 2 rings (SSSR count). The van der Waals surface area contributed by atoms with Crippen LogP contribution in [0.25, 0.3) is 0 Å². The molecule has 1 heterocycles. The van der Waals surface area contributed by atoms with E-state index in [4.69, 9.17) is 14.2 Å². The second-order valence-corrected chi connectivity index (χ2v) is 4.10. The highest BCUT2D eigenvalue weighted by molar-refractivity contribution is 5.42. The summed E-state index contributed by atoms with van der Waals surface area (Å²) in [6, 6.07) is 5.40. The number of methoxy groups -OCH3 is 2. The van der Waals surface area contributed by atoms with E-state index >= 15 is 0 Å². The lowest BCUT2D eigenvalue weighted by atomic mass is 10.0. The number of hydrogen-bond acceptors (Lipinski definition) is 4. The smallest absolute Gasteiger partial charge is 0.125 e. The Bertz CT molecular complexity index is 372. The summed E-state index contributed by atoms with van der Waals surface area (Å²) in [7, 11) is 3.19. The highest BCUT2D eigenvalue weighted by Gasteiger charge is 2.27. The lowest BCUT2D eigenvalue weighted by molar-refractivity contribution is -0.00371. The van der Waals surface area contributed by atoms with E-state index in [-0.39, 0.29) is 6.10 Å². The van der Waals surface area contributed by atoms with Crippen LogP contribution >= 0.6 is 0 Å². The Balaban J connectivity index is 2.27. The molecule has 17 heavy (non-hydrogen) atoms. The Morgan fingerprint density at radius 3 is 2.76 bits per heavy atom. The fourth-order valence-electron chi connectivity index (χ4n) is 2.12. The van der Waals surface area contributed by atoms with Crippen molar-refractivity contribution in [2.45, 2.75) is 25.0 Å². The molecule has 1 aliphatic heterocycles. The molecular formula is C13H18O4. The minimum absolute atomic E-state index is 0.143. The monoisotopic (exact) mass is 238 g/mol. The summed E-state index contributed by atoms with van der Waals surface area (Å²) >= 11 is 0. The molecule has 1 fully saturated rings. The maximum absolute atomic E-state index is 10.3. The maximum atomic E-state index is 10.3. The SMILES string of the molecule is COc1ccc(OC)c(C(O)C2CCCO2)c1. The zero-order chi connectivity index (χ0) is 12.3. The van der Waals surface area contributed by atoms with Gasteiger partial charge in [0.25, 0.3) is 0 Å². The van der Waals surface area contributed by atoms with Crippen LogP contribution in [0.5, 0.6) is 11.5 Å². The van der Waals surface area contributed by atoms with Gasteiger partial charge in [0.15, 0.2) is 0 Å². The van der Waals surface area contributed by atoms with Gasteiger partial charge < -0.3 is 19.3 Å². The van der Waals surface area contributed by atoms with E-state index < -0.39 is 6.10 Å². The van der Waals surface area contributed by atoms with Crippen LogP contribution in [-0.2, 0) is 4.74 Å². The largest absolute Gasteiger partial charge is 0.497 e. The van der Waals surface area contributed by atoms with Gasteiger partial charge in [-0.2, -0.15) is 0 Å². The van der Waals surface area contributed by atoms with Gasteiger partial charge in [-0.25, -0.2) is 0 Å². The molecule has 0 aliphatic carbocycles. The topological polar surface area (TPSA) is 47.9 Å². The first-order valence-corrected chi connectivity index (χ1v) is 5.78. The summed E-state index contributed by atoms with van der Waals surface area (Å²) in [5, 5.41) is 10.3. The minimum atomic E-state index is -0.664. The third kappa shape index (κ3) is 2.53. The Kier molecular flexibility index (Phi) is 3.86. The maximum Gasteiger partial charge on any atom is 0.125 e. The Morgan fingerprint density at radius 1 is 1.35 bits per heavy atom. The van der Waals surface area contributed by atoms with Crippen LogP contribution in [0.2, 0.25) is 0 Å². The molecule has 0 radical (unpaired) electrons. The molecule has 1 aliphatic rings. The quantitative estimate of drug-likeness (QED) is 0.870. The van der Waals surface area contributed by atoms with Crippen LogP contribution in [0, 0.1) is 0 Å². The van der Waals surface area contributed by atoms with Gasteiger partial charge in [-0.1, -0.05) is 0 Å². The molecule has 0 aromatic heterocycles. The lowest BCUT2D eigenvalue weighted by Crippen LogP contribution is -2.17. The van der Waals surface area contributed by atoms with E-state index in [0.717, 1.165) is 18.4 Å². The predicted octanol–water partition coefficient (Wildman–Crippen LogP) is 1.92. The van der Waals surface area contributed by atoms with Crippen LogP contribution in [0.4, 0.5) is 0 Å². The van der Waals surface area contributed by atoms with E-state index in [2.05, 4.69) is 0 Å². The van der Waals surface area contributed by atoms with Crippen molar-refractivity contribution in [3.8, 4) is 11.5 Å². The molecule has 1 aromatic carbocycles. The van der Waals surface area contributed by atoms with Crippen LogP contribution in [0.1, 0.15) is 24.5 Å². The van der Waals surface area contributed by atoms with E-state index in [1.54, 1.807) is 26.4 Å². The molecule has 0 amide bonds. The summed E-state index contributed by atoms with van der Waals surface area (Å²) in [5.74, 6) is 1.37. The Morgan fingerprint density at radius 2 is 2.18 bits per heavy atom. The second kappa shape index (κ2) is 5.38. The Hall–Kier alpha value is -1.26. The number of aliphatic hydroxyl groups excluding tert-OH is 1. The second-order valence-electron chi connectivity index (χ2n) is 4.10. The molecule has 4 heteroatoms. The van der Waals surface area contributed by atoms with Crippen molar-refractivity contribution in [1.82, 2.24) is 0 Å². The first kappa shape index (κ1) is 12.2. The molecule has 1 saturated heterocycles. The average molecular weight is 238 g/mol. The molecule has 4 nitrogen and oxygen atoms in total. The third-order valence-electron chi connectivity index (χ3n) is 3.07. The van der Waals surface area contributed by atoms with Crippen LogP contribution in [-0.4, -0.2) is 32.0 Å². The summed E-state index contributed by atoms with van der Waals surface area (Å²) in [6.45, 7) is 0.716. The summed E-state index contributed by atoms with van der Waals surface area (Å²) in [5.41, 5.74) is 0.721. The van der Waals surface area contributed by atoms with Crippen molar-refractivity contribution < 1.29 is 19.3 Å². The van der Waals surface area contributed by atoms with E-state index in [1.165, 1.54) is 0 Å². The normalized spacial score (nSPS) is 21.2. The van der Waals surface area contributed by atoms with Gasteiger partial charge in [0.2, 0.25) is 0 Å². The number of hydrogen-bond donors (Lipinski definition) is 1. The van der Waals surface area contributed by atoms with E-state index in [0.29, 0.717) is 18.1 Å². The zero-order valence-electron chi connectivity index (χ0n) is 10.2. The minimum Gasteiger partial charge on any atom is -0.497 e. The summed E-state index contributed by atoms with van der Waals surface area (Å²) < 4.78 is 15.9. The van der Waals surface area contributed by atoms with Crippen LogP contribution < -0.4 is 9.47 Å². The molecule has 94 valence electrons. The fourth-order valence-corrected chi connectivity index (χ4v) is 2.12. The van der Waals surface area contributed by atoms with E-state index in [1.807, 2.05) is 6.07 Å². The van der Waals surface area contributed by atoms with Crippen molar-refractivity contribution >= 4 is 0 Å².